The maximum atomic E-state index is 8.89. The predicted molar refractivity (Wildman–Crippen MR) is 70.8 cm³/mol. The van der Waals surface area contributed by atoms with Crippen molar-refractivity contribution in [2.24, 2.45) is 0 Å². The quantitative estimate of drug-likeness (QED) is 0.330. The first-order chi connectivity index (χ1) is 10.4. The van der Waals surface area contributed by atoms with Gasteiger partial charge in [0, 0.05) is 55.4 Å². The molecule has 0 bridgehead atoms. The molecule has 0 aromatic carbocycles. The van der Waals surface area contributed by atoms with Crippen molar-refractivity contribution >= 4 is 29.8 Å². The number of aliphatic carboxylic acids is 5. The molecule has 11 nitrogen and oxygen atoms in total. The number of carboxylic acids is 5. The van der Waals surface area contributed by atoms with Gasteiger partial charge in [0.15, 0.2) is 0 Å². The van der Waals surface area contributed by atoms with Gasteiger partial charge in [0.2, 0.25) is 0 Å². The average molecular weight is 469 g/mol. The van der Waals surface area contributed by atoms with Gasteiger partial charge in [-0.1, -0.05) is 0 Å². The fourth-order valence-corrected chi connectivity index (χ4v) is 0. The second-order valence-corrected chi connectivity index (χ2v) is 3.55. The van der Waals surface area contributed by atoms with Gasteiger partial charge in [0.1, 0.15) is 0 Å². The molecule has 148 valence electrons. The summed E-state index contributed by atoms with van der Waals surface area (Å²) >= 11 is 0. The smallest absolute Gasteiger partial charge is 0.550 e. The third-order valence-corrected chi connectivity index (χ3v) is 0. The van der Waals surface area contributed by atoms with Crippen LogP contribution in [0.25, 0.3) is 0 Å². The van der Waals surface area contributed by atoms with Gasteiger partial charge in [-0.3, -0.25) is 0 Å². The van der Waals surface area contributed by atoms with Gasteiger partial charge in [0.25, 0.3) is 0 Å². The summed E-state index contributed by atoms with van der Waals surface area (Å²) in [6, 6.07) is 0. The van der Waals surface area contributed by atoms with Crippen LogP contribution in [0.2, 0.25) is 0 Å². The number of carboxylic acid groups (broad SMARTS) is 5. The van der Waals surface area contributed by atoms with Gasteiger partial charge < -0.3 is 54.6 Å². The van der Waals surface area contributed by atoms with Crippen molar-refractivity contribution in [3.8, 4) is 0 Å². The molecule has 0 unspecified atom stereocenters. The molecule has 0 amide bonds. The third kappa shape index (κ3) is 5800. The Balaban J connectivity index is -0.0000000245. The first-order valence-corrected chi connectivity index (χ1v) is 5.95. The van der Waals surface area contributed by atoms with Gasteiger partial charge >= 0.3 is 21.7 Å². The maximum Gasteiger partial charge on any atom is 4.00 e. The SMILES string of the molecule is CC(=O)[O-].CC(=O)[O-].CC(=O)[O-].CC(=O)[O-].CC(=O)[O-].CC(C)O.[Ti+4].[Zn]. The van der Waals surface area contributed by atoms with Crippen LogP contribution in [0.4, 0.5) is 0 Å². The van der Waals surface area contributed by atoms with Crippen LogP contribution in [-0.4, -0.2) is 41.1 Å². The van der Waals surface area contributed by atoms with E-state index in [-0.39, 0.29) is 47.3 Å². The summed E-state index contributed by atoms with van der Waals surface area (Å²) in [7, 11) is 0. The maximum absolute atomic E-state index is 8.89. The van der Waals surface area contributed by atoms with Crippen LogP contribution in [0, 0.1) is 0 Å². The first kappa shape index (κ1) is 49.7. The number of hydrogen-bond donors (Lipinski definition) is 1. The Labute approximate surface area is 180 Å². The van der Waals surface area contributed by atoms with Crippen LogP contribution in [0.15, 0.2) is 0 Å². The van der Waals surface area contributed by atoms with E-state index < -0.39 is 29.8 Å². The Kier molecular flexibility index (Phi) is 83.7. The molecule has 0 fully saturated rings. The molecule has 0 saturated carbocycles. The zero-order valence-electron chi connectivity index (χ0n) is 15.8. The summed E-state index contributed by atoms with van der Waals surface area (Å²) in [5.74, 6) is -5.42. The van der Waals surface area contributed by atoms with Gasteiger partial charge in [-0.15, -0.1) is 0 Å². The van der Waals surface area contributed by atoms with Crippen molar-refractivity contribution in [2.45, 2.75) is 54.6 Å². The standard InChI is InChI=1S/C3H8O.5C2H4O2.Ti.Zn/c1-3(2)4;5*1-2(3)4;;/h3-4H,1-2H3;5*1H3,(H,3,4);;/q;;;;;;+4;/p-5. The first-order valence-electron chi connectivity index (χ1n) is 5.95. The van der Waals surface area contributed by atoms with E-state index in [0.29, 0.717) is 0 Å². The van der Waals surface area contributed by atoms with Crippen molar-refractivity contribution in [1.82, 2.24) is 0 Å². The van der Waals surface area contributed by atoms with E-state index in [0.717, 1.165) is 34.6 Å². The number of hydrogen-bond acceptors (Lipinski definition) is 11. The van der Waals surface area contributed by atoms with Crippen molar-refractivity contribution < 1.29 is 95.8 Å². The zero-order valence-corrected chi connectivity index (χ0v) is 20.3. The van der Waals surface area contributed by atoms with E-state index in [9.17, 15) is 0 Å². The van der Waals surface area contributed by atoms with E-state index in [1.54, 1.807) is 13.8 Å². The summed E-state index contributed by atoms with van der Waals surface area (Å²) in [6.45, 7) is 8.31. The Morgan fingerprint density at radius 1 is 0.577 bits per heavy atom. The molecule has 13 heteroatoms. The summed E-state index contributed by atoms with van der Waals surface area (Å²) in [4.78, 5) is 44.4. The second-order valence-electron chi connectivity index (χ2n) is 3.55. The second kappa shape index (κ2) is 43.8. The summed E-state index contributed by atoms with van der Waals surface area (Å²) in [6.07, 6.45) is -0.167. The molecular weight excluding hydrogens is 445 g/mol. The molecule has 0 aromatic heterocycles. The normalized spacial score (nSPS) is 6.19. The van der Waals surface area contributed by atoms with E-state index in [4.69, 9.17) is 54.6 Å². The van der Waals surface area contributed by atoms with Gasteiger partial charge in [-0.25, -0.2) is 0 Å². The summed E-state index contributed by atoms with van der Waals surface area (Å²) in [5, 5.41) is 52.5. The van der Waals surface area contributed by atoms with Crippen LogP contribution in [0.3, 0.4) is 0 Å². The van der Waals surface area contributed by atoms with E-state index >= 15 is 0 Å². The van der Waals surface area contributed by atoms with Crippen LogP contribution in [0.1, 0.15) is 48.5 Å². The minimum Gasteiger partial charge on any atom is -0.550 e. The number of rotatable bonds is 0. The molecular formula is C13H23O11TiZn-. The Hall–Kier alpha value is -1.35. The predicted octanol–water partition coefficient (Wildman–Crippen LogP) is -5.84. The molecule has 0 radical (unpaired) electrons. The molecule has 0 atom stereocenters. The molecule has 0 rings (SSSR count). The van der Waals surface area contributed by atoms with Crippen molar-refractivity contribution in [1.29, 1.82) is 0 Å². The number of aliphatic hydroxyl groups is 1. The number of carbonyl (C=O) groups is 5. The fourth-order valence-electron chi connectivity index (χ4n) is 0. The molecule has 0 aliphatic carbocycles. The minimum atomic E-state index is -1.08. The molecule has 0 heterocycles. The summed E-state index contributed by atoms with van der Waals surface area (Å²) < 4.78 is 0. The van der Waals surface area contributed by atoms with Crippen molar-refractivity contribution in [3.05, 3.63) is 0 Å². The fraction of sp³-hybridized carbons (Fsp3) is 0.615. The minimum absolute atomic E-state index is 0. The van der Waals surface area contributed by atoms with Crippen LogP contribution in [-0.2, 0) is 65.2 Å². The number of carbonyl (C=O) groups excluding carboxylic acids is 5. The molecule has 0 spiro atoms. The monoisotopic (exact) mass is 467 g/mol. The van der Waals surface area contributed by atoms with Crippen molar-refractivity contribution in [3.63, 3.8) is 0 Å². The Morgan fingerprint density at radius 2 is 0.577 bits per heavy atom. The van der Waals surface area contributed by atoms with Crippen LogP contribution >= 0.6 is 0 Å². The average Bonchev–Trinajstić information content (AvgIpc) is 2.08. The number of aliphatic hydroxyl groups excluding tert-OH is 1. The Bertz CT molecular complexity index is 255. The topological polar surface area (TPSA) is 221 Å². The molecule has 0 aliphatic heterocycles. The van der Waals surface area contributed by atoms with E-state index in [1.165, 1.54) is 0 Å². The van der Waals surface area contributed by atoms with Crippen LogP contribution in [0.5, 0.6) is 0 Å². The third-order valence-electron chi connectivity index (χ3n) is 0. The van der Waals surface area contributed by atoms with Gasteiger partial charge in [-0.05, 0) is 48.5 Å². The van der Waals surface area contributed by atoms with Crippen LogP contribution < -0.4 is 25.5 Å². The molecule has 0 saturated heterocycles. The molecule has 0 aliphatic rings. The zero-order chi connectivity index (χ0) is 21.5. The molecule has 26 heavy (non-hydrogen) atoms. The van der Waals surface area contributed by atoms with Gasteiger partial charge in [-0.2, -0.15) is 0 Å². The molecule has 0 aromatic rings. The van der Waals surface area contributed by atoms with Crippen molar-refractivity contribution in [2.75, 3.05) is 0 Å². The largest absolute Gasteiger partial charge is 4.00 e. The van der Waals surface area contributed by atoms with Gasteiger partial charge in [0.05, 0.1) is 0 Å². The molecule has 1 N–H and O–H groups in total. The summed E-state index contributed by atoms with van der Waals surface area (Å²) in [5.41, 5.74) is 0. The van der Waals surface area contributed by atoms with E-state index in [2.05, 4.69) is 0 Å². The Morgan fingerprint density at radius 3 is 0.577 bits per heavy atom. The van der Waals surface area contributed by atoms with E-state index in [1.807, 2.05) is 0 Å².